The molecule has 3 nitrogen and oxygen atoms in total. The van der Waals surface area contributed by atoms with Crippen molar-refractivity contribution in [1.29, 1.82) is 0 Å². The molecule has 3 heteroatoms. The summed E-state index contributed by atoms with van der Waals surface area (Å²) in [6.45, 7) is 11.3. The van der Waals surface area contributed by atoms with Gasteiger partial charge in [-0.15, -0.1) is 0 Å². The van der Waals surface area contributed by atoms with E-state index >= 15 is 0 Å². The lowest BCUT2D eigenvalue weighted by atomic mass is 10.1. The van der Waals surface area contributed by atoms with Crippen LogP contribution in [0, 0.1) is 0 Å². The SMILES string of the molecule is CC(C)N(C)CCCCNCCC(C)(C)O. The van der Waals surface area contributed by atoms with Gasteiger partial charge in [0.25, 0.3) is 0 Å². The standard InChI is InChI=1S/C13H30N2O/c1-12(2)15(5)11-7-6-9-14-10-8-13(3,4)16/h12,14,16H,6-11H2,1-5H3. The van der Waals surface area contributed by atoms with Crippen LogP contribution in [0.2, 0.25) is 0 Å². The van der Waals surface area contributed by atoms with E-state index in [-0.39, 0.29) is 0 Å². The second-order valence-corrected chi connectivity index (χ2v) is 5.59. The molecule has 0 spiro atoms. The first-order valence-electron chi connectivity index (χ1n) is 6.46. The molecule has 2 N–H and O–H groups in total. The second-order valence-electron chi connectivity index (χ2n) is 5.59. The van der Waals surface area contributed by atoms with Gasteiger partial charge in [-0.1, -0.05) is 0 Å². The molecule has 0 aromatic carbocycles. The lowest BCUT2D eigenvalue weighted by Gasteiger charge is -2.21. The Morgan fingerprint density at radius 2 is 1.81 bits per heavy atom. The van der Waals surface area contributed by atoms with Gasteiger partial charge in [-0.2, -0.15) is 0 Å². The Balaban J connectivity index is 3.22. The predicted molar refractivity (Wildman–Crippen MR) is 70.8 cm³/mol. The van der Waals surface area contributed by atoms with Crippen molar-refractivity contribution >= 4 is 0 Å². The fourth-order valence-corrected chi connectivity index (χ4v) is 1.39. The quantitative estimate of drug-likeness (QED) is 0.594. The molecule has 0 heterocycles. The van der Waals surface area contributed by atoms with Crippen LogP contribution in [0.15, 0.2) is 0 Å². The van der Waals surface area contributed by atoms with Crippen molar-refractivity contribution in [1.82, 2.24) is 10.2 Å². The number of hydrogen-bond acceptors (Lipinski definition) is 3. The average molecular weight is 230 g/mol. The van der Waals surface area contributed by atoms with Crippen LogP contribution < -0.4 is 5.32 Å². The first kappa shape index (κ1) is 15.9. The number of aliphatic hydroxyl groups is 1. The minimum atomic E-state index is -0.537. The molecule has 0 rings (SSSR count). The van der Waals surface area contributed by atoms with Gasteiger partial charge < -0.3 is 15.3 Å². The summed E-state index contributed by atoms with van der Waals surface area (Å²) in [6.07, 6.45) is 3.27. The predicted octanol–water partition coefficient (Wildman–Crippen LogP) is 1.86. The molecule has 0 radical (unpaired) electrons. The highest BCUT2D eigenvalue weighted by Crippen LogP contribution is 2.05. The molecule has 0 aromatic rings. The maximum Gasteiger partial charge on any atom is 0.0603 e. The number of unbranched alkanes of at least 4 members (excludes halogenated alkanes) is 1. The zero-order valence-corrected chi connectivity index (χ0v) is 11.7. The third kappa shape index (κ3) is 10.4. The zero-order valence-electron chi connectivity index (χ0n) is 11.7. The van der Waals surface area contributed by atoms with Gasteiger partial charge in [0.2, 0.25) is 0 Å². The van der Waals surface area contributed by atoms with Gasteiger partial charge in [0.05, 0.1) is 5.60 Å². The molecule has 0 bridgehead atoms. The molecule has 0 unspecified atom stereocenters. The van der Waals surface area contributed by atoms with Gasteiger partial charge in [-0.3, -0.25) is 0 Å². The fraction of sp³-hybridized carbons (Fsp3) is 1.00. The third-order valence-corrected chi connectivity index (χ3v) is 2.91. The molecule has 0 amide bonds. The molecule has 0 aliphatic carbocycles. The summed E-state index contributed by atoms with van der Waals surface area (Å²) in [7, 11) is 2.17. The molecule has 0 saturated heterocycles. The molecule has 98 valence electrons. The van der Waals surface area contributed by atoms with Crippen LogP contribution in [0.25, 0.3) is 0 Å². The fourth-order valence-electron chi connectivity index (χ4n) is 1.39. The Kier molecular flexibility index (Phi) is 7.98. The number of rotatable bonds is 9. The Morgan fingerprint density at radius 3 is 2.31 bits per heavy atom. The van der Waals surface area contributed by atoms with Gasteiger partial charge >= 0.3 is 0 Å². The summed E-state index contributed by atoms with van der Waals surface area (Å²) < 4.78 is 0. The summed E-state index contributed by atoms with van der Waals surface area (Å²) in [5.41, 5.74) is -0.537. The van der Waals surface area contributed by atoms with Crippen molar-refractivity contribution in [2.75, 3.05) is 26.7 Å². The van der Waals surface area contributed by atoms with Crippen molar-refractivity contribution in [2.45, 2.75) is 58.6 Å². The number of nitrogens with zero attached hydrogens (tertiary/aromatic N) is 1. The smallest absolute Gasteiger partial charge is 0.0603 e. The summed E-state index contributed by atoms with van der Waals surface area (Å²) in [6, 6.07) is 0.642. The molecular weight excluding hydrogens is 200 g/mol. The average Bonchev–Trinajstić information content (AvgIpc) is 2.14. The highest BCUT2D eigenvalue weighted by molar-refractivity contribution is 4.66. The van der Waals surface area contributed by atoms with Gasteiger partial charge in [-0.25, -0.2) is 0 Å². The van der Waals surface area contributed by atoms with Crippen LogP contribution in [-0.4, -0.2) is 48.3 Å². The largest absolute Gasteiger partial charge is 0.390 e. The Labute approximate surface area is 101 Å². The van der Waals surface area contributed by atoms with Crippen LogP contribution in [0.4, 0.5) is 0 Å². The monoisotopic (exact) mass is 230 g/mol. The van der Waals surface area contributed by atoms with E-state index in [0.717, 1.165) is 19.5 Å². The lowest BCUT2D eigenvalue weighted by molar-refractivity contribution is 0.0712. The molecule has 0 aliphatic heterocycles. The van der Waals surface area contributed by atoms with Crippen molar-refractivity contribution in [3.05, 3.63) is 0 Å². The normalized spacial score (nSPS) is 12.8. The molecule has 0 saturated carbocycles. The maximum atomic E-state index is 9.51. The van der Waals surface area contributed by atoms with E-state index in [2.05, 4.69) is 31.1 Å². The van der Waals surface area contributed by atoms with E-state index < -0.39 is 5.60 Å². The van der Waals surface area contributed by atoms with Gasteiger partial charge in [0.1, 0.15) is 0 Å². The van der Waals surface area contributed by atoms with Gasteiger partial charge in [-0.05, 0) is 73.6 Å². The Morgan fingerprint density at radius 1 is 1.19 bits per heavy atom. The van der Waals surface area contributed by atoms with Crippen molar-refractivity contribution in [3.63, 3.8) is 0 Å². The zero-order chi connectivity index (χ0) is 12.6. The first-order chi connectivity index (χ1) is 7.33. The summed E-state index contributed by atoms with van der Waals surface area (Å²) in [5.74, 6) is 0. The van der Waals surface area contributed by atoms with Crippen LogP contribution in [-0.2, 0) is 0 Å². The van der Waals surface area contributed by atoms with Crippen LogP contribution in [0.3, 0.4) is 0 Å². The Bertz CT molecular complexity index is 164. The summed E-state index contributed by atoms with van der Waals surface area (Å²) in [5, 5.41) is 12.9. The molecule has 0 atom stereocenters. The van der Waals surface area contributed by atoms with E-state index in [9.17, 15) is 5.11 Å². The van der Waals surface area contributed by atoms with Crippen molar-refractivity contribution < 1.29 is 5.11 Å². The maximum absolute atomic E-state index is 9.51. The second kappa shape index (κ2) is 8.04. The molecular formula is C13H30N2O. The van der Waals surface area contributed by atoms with Gasteiger partial charge in [0, 0.05) is 6.04 Å². The summed E-state index contributed by atoms with van der Waals surface area (Å²) >= 11 is 0. The topological polar surface area (TPSA) is 35.5 Å². The van der Waals surface area contributed by atoms with E-state index in [0.29, 0.717) is 6.04 Å². The minimum Gasteiger partial charge on any atom is -0.390 e. The first-order valence-corrected chi connectivity index (χ1v) is 6.46. The lowest BCUT2D eigenvalue weighted by Crippen LogP contribution is -2.29. The third-order valence-electron chi connectivity index (χ3n) is 2.91. The minimum absolute atomic E-state index is 0.537. The number of hydrogen-bond donors (Lipinski definition) is 2. The highest BCUT2D eigenvalue weighted by Gasteiger charge is 2.10. The van der Waals surface area contributed by atoms with Crippen LogP contribution in [0.1, 0.15) is 47.0 Å². The van der Waals surface area contributed by atoms with Gasteiger partial charge in [0.15, 0.2) is 0 Å². The molecule has 0 aliphatic rings. The van der Waals surface area contributed by atoms with Crippen LogP contribution >= 0.6 is 0 Å². The summed E-state index contributed by atoms with van der Waals surface area (Å²) in [4.78, 5) is 2.37. The van der Waals surface area contributed by atoms with Crippen molar-refractivity contribution in [2.24, 2.45) is 0 Å². The number of nitrogens with one attached hydrogen (secondary N) is 1. The van der Waals surface area contributed by atoms with E-state index in [1.165, 1.54) is 19.4 Å². The molecule has 0 aromatic heterocycles. The van der Waals surface area contributed by atoms with E-state index in [4.69, 9.17) is 0 Å². The van der Waals surface area contributed by atoms with E-state index in [1.807, 2.05) is 13.8 Å². The molecule has 16 heavy (non-hydrogen) atoms. The van der Waals surface area contributed by atoms with E-state index in [1.54, 1.807) is 0 Å². The Hall–Kier alpha value is -0.120. The highest BCUT2D eigenvalue weighted by atomic mass is 16.3. The van der Waals surface area contributed by atoms with Crippen LogP contribution in [0.5, 0.6) is 0 Å². The molecule has 0 fully saturated rings. The van der Waals surface area contributed by atoms with Crippen molar-refractivity contribution in [3.8, 4) is 0 Å².